The van der Waals surface area contributed by atoms with Crippen LogP contribution in [0.25, 0.3) is 10.6 Å². The highest BCUT2D eigenvalue weighted by atomic mass is 32.1. The number of carbonyl (C=O) groups excluding carboxylic acids is 1. The third kappa shape index (κ3) is 3.66. The van der Waals surface area contributed by atoms with Gasteiger partial charge in [-0.25, -0.2) is 4.98 Å². The number of ether oxygens (including phenoxy) is 1. The molecule has 0 aliphatic carbocycles. The molecule has 3 aromatic rings. The molecule has 1 atom stereocenters. The van der Waals surface area contributed by atoms with E-state index in [4.69, 9.17) is 4.74 Å². The third-order valence-electron chi connectivity index (χ3n) is 3.74. The van der Waals surface area contributed by atoms with Crippen molar-refractivity contribution in [3.63, 3.8) is 0 Å². The molecule has 1 amide bonds. The van der Waals surface area contributed by atoms with E-state index in [-0.39, 0.29) is 11.8 Å². The van der Waals surface area contributed by atoms with E-state index in [1.807, 2.05) is 41.1 Å². The molecule has 3 rings (SSSR count). The molecule has 6 heteroatoms. The van der Waals surface area contributed by atoms with Gasteiger partial charge in [-0.1, -0.05) is 25.1 Å². The number of amides is 1. The van der Waals surface area contributed by atoms with Gasteiger partial charge < -0.3 is 10.1 Å². The molecule has 0 radical (unpaired) electrons. The lowest BCUT2D eigenvalue weighted by Gasteiger charge is -2.15. The molecule has 0 saturated carbocycles. The zero-order valence-electron chi connectivity index (χ0n) is 13.5. The Hall–Kier alpha value is -2.18. The van der Waals surface area contributed by atoms with E-state index in [1.54, 1.807) is 24.6 Å². The Bertz CT molecular complexity index is 812. The summed E-state index contributed by atoms with van der Waals surface area (Å²) in [6.07, 6.45) is 1.64. The summed E-state index contributed by atoms with van der Waals surface area (Å²) in [6.45, 7) is 2.62. The van der Waals surface area contributed by atoms with Gasteiger partial charge in [-0.05, 0) is 23.1 Å². The Morgan fingerprint density at radius 1 is 1.33 bits per heavy atom. The average molecular weight is 358 g/mol. The van der Waals surface area contributed by atoms with Crippen molar-refractivity contribution in [2.24, 2.45) is 0 Å². The van der Waals surface area contributed by atoms with Gasteiger partial charge in [-0.3, -0.25) is 4.79 Å². The maximum Gasteiger partial charge on any atom is 0.263 e. The van der Waals surface area contributed by atoms with Crippen LogP contribution in [0.5, 0.6) is 5.75 Å². The molecular formula is C18H18N2O2S2. The fourth-order valence-corrected chi connectivity index (χ4v) is 3.96. The number of aromatic nitrogens is 1. The number of carbonyl (C=O) groups is 1. The monoisotopic (exact) mass is 358 g/mol. The van der Waals surface area contributed by atoms with Crippen LogP contribution in [-0.2, 0) is 0 Å². The molecule has 24 heavy (non-hydrogen) atoms. The van der Waals surface area contributed by atoms with Gasteiger partial charge >= 0.3 is 0 Å². The van der Waals surface area contributed by atoms with Crippen molar-refractivity contribution in [3.8, 4) is 16.3 Å². The van der Waals surface area contributed by atoms with Crippen molar-refractivity contribution in [2.45, 2.75) is 12.8 Å². The minimum absolute atomic E-state index is 0.0873. The van der Waals surface area contributed by atoms with E-state index in [1.165, 1.54) is 11.3 Å². The maximum atomic E-state index is 12.3. The van der Waals surface area contributed by atoms with Crippen molar-refractivity contribution in [1.29, 1.82) is 0 Å². The highest BCUT2D eigenvalue weighted by Crippen LogP contribution is 2.28. The lowest BCUT2D eigenvalue weighted by molar-refractivity contribution is 0.0955. The van der Waals surface area contributed by atoms with Gasteiger partial charge in [-0.15, -0.1) is 11.3 Å². The van der Waals surface area contributed by atoms with Gasteiger partial charge in [0.15, 0.2) is 0 Å². The molecule has 2 heterocycles. The first-order chi connectivity index (χ1) is 11.7. The van der Waals surface area contributed by atoms with Crippen LogP contribution in [0.1, 0.15) is 28.1 Å². The largest absolute Gasteiger partial charge is 0.496 e. The topological polar surface area (TPSA) is 51.2 Å². The van der Waals surface area contributed by atoms with Gasteiger partial charge in [0.25, 0.3) is 5.91 Å². The summed E-state index contributed by atoms with van der Waals surface area (Å²) >= 11 is 3.03. The van der Waals surface area contributed by atoms with E-state index >= 15 is 0 Å². The van der Waals surface area contributed by atoms with Crippen molar-refractivity contribution in [2.75, 3.05) is 13.7 Å². The number of thiophene rings is 1. The van der Waals surface area contributed by atoms with E-state index in [9.17, 15) is 4.79 Å². The second-order valence-electron chi connectivity index (χ2n) is 5.39. The Morgan fingerprint density at radius 3 is 2.92 bits per heavy atom. The van der Waals surface area contributed by atoms with E-state index < -0.39 is 0 Å². The minimum atomic E-state index is -0.0873. The average Bonchev–Trinajstić information content (AvgIpc) is 3.30. The number of rotatable bonds is 6. The highest BCUT2D eigenvalue weighted by molar-refractivity contribution is 7.17. The first kappa shape index (κ1) is 16.7. The van der Waals surface area contributed by atoms with Crippen LogP contribution in [0.15, 0.2) is 47.3 Å². The van der Waals surface area contributed by atoms with Crippen LogP contribution >= 0.6 is 22.7 Å². The predicted octanol–water partition coefficient (Wildman–Crippen LogP) is 4.41. The summed E-state index contributed by atoms with van der Waals surface area (Å²) in [7, 11) is 1.66. The Balaban J connectivity index is 1.63. The van der Waals surface area contributed by atoms with Crippen molar-refractivity contribution in [1.82, 2.24) is 10.3 Å². The summed E-state index contributed by atoms with van der Waals surface area (Å²) in [5.74, 6) is 0.918. The number of methoxy groups -OCH3 is 1. The number of hydrogen-bond donors (Lipinski definition) is 1. The summed E-state index contributed by atoms with van der Waals surface area (Å²) in [5.41, 5.74) is 2.15. The molecule has 1 aromatic carbocycles. The molecule has 0 spiro atoms. The summed E-state index contributed by atoms with van der Waals surface area (Å²) in [6, 6.07) is 9.89. The number of para-hydroxylation sites is 1. The molecular weight excluding hydrogens is 340 g/mol. The van der Waals surface area contributed by atoms with Crippen molar-refractivity contribution < 1.29 is 9.53 Å². The molecule has 4 nitrogen and oxygen atoms in total. The Morgan fingerprint density at radius 2 is 2.17 bits per heavy atom. The van der Waals surface area contributed by atoms with Gasteiger partial charge in [0.1, 0.15) is 15.6 Å². The predicted molar refractivity (Wildman–Crippen MR) is 99.2 cm³/mol. The number of hydrogen-bond acceptors (Lipinski definition) is 5. The highest BCUT2D eigenvalue weighted by Gasteiger charge is 2.15. The van der Waals surface area contributed by atoms with Crippen LogP contribution in [-0.4, -0.2) is 24.5 Å². The third-order valence-corrected chi connectivity index (χ3v) is 5.46. The summed E-state index contributed by atoms with van der Waals surface area (Å²) < 4.78 is 5.38. The molecule has 124 valence electrons. The smallest absolute Gasteiger partial charge is 0.263 e. The van der Waals surface area contributed by atoms with Gasteiger partial charge in [0.2, 0.25) is 0 Å². The Kier molecular flexibility index (Phi) is 5.27. The fraction of sp³-hybridized carbons (Fsp3) is 0.222. The SMILES string of the molecule is COc1ccccc1[C@@H](C)CNC(=O)c1cnc(-c2ccsc2)s1. The lowest BCUT2D eigenvalue weighted by Crippen LogP contribution is -2.27. The van der Waals surface area contributed by atoms with E-state index in [2.05, 4.69) is 17.2 Å². The van der Waals surface area contributed by atoms with Crippen LogP contribution in [0.4, 0.5) is 0 Å². The standard InChI is InChI=1S/C18H18N2O2S2/c1-12(14-5-3-4-6-15(14)22-2)9-19-17(21)16-10-20-18(24-16)13-7-8-23-11-13/h3-8,10-12H,9H2,1-2H3,(H,19,21)/t12-/m0/s1. The Labute approximate surface area is 149 Å². The van der Waals surface area contributed by atoms with Gasteiger partial charge in [0.05, 0.1) is 13.3 Å². The molecule has 0 unspecified atom stereocenters. The van der Waals surface area contributed by atoms with Gasteiger partial charge in [-0.2, -0.15) is 11.3 Å². The quantitative estimate of drug-likeness (QED) is 0.710. The number of nitrogens with zero attached hydrogens (tertiary/aromatic N) is 1. The zero-order chi connectivity index (χ0) is 16.9. The number of benzene rings is 1. The first-order valence-corrected chi connectivity index (χ1v) is 9.34. The maximum absolute atomic E-state index is 12.3. The molecule has 0 fully saturated rings. The molecule has 0 aliphatic rings. The normalized spacial score (nSPS) is 11.9. The fourth-order valence-electron chi connectivity index (χ4n) is 2.42. The van der Waals surface area contributed by atoms with E-state index in [0.29, 0.717) is 11.4 Å². The number of thiazole rings is 1. The second-order valence-corrected chi connectivity index (χ2v) is 7.21. The van der Waals surface area contributed by atoms with Crippen LogP contribution < -0.4 is 10.1 Å². The van der Waals surface area contributed by atoms with Crippen molar-refractivity contribution >= 4 is 28.6 Å². The molecule has 0 aliphatic heterocycles. The van der Waals surface area contributed by atoms with Gasteiger partial charge in [0, 0.05) is 23.4 Å². The van der Waals surface area contributed by atoms with Crippen LogP contribution in [0, 0.1) is 0 Å². The molecule has 0 bridgehead atoms. The lowest BCUT2D eigenvalue weighted by atomic mass is 10.00. The first-order valence-electron chi connectivity index (χ1n) is 7.58. The summed E-state index contributed by atoms with van der Waals surface area (Å²) in [4.78, 5) is 17.3. The van der Waals surface area contributed by atoms with E-state index in [0.717, 1.165) is 21.9 Å². The molecule has 1 N–H and O–H groups in total. The zero-order valence-corrected chi connectivity index (χ0v) is 15.1. The van der Waals surface area contributed by atoms with Crippen LogP contribution in [0.3, 0.4) is 0 Å². The summed E-state index contributed by atoms with van der Waals surface area (Å²) in [5, 5.41) is 7.90. The second kappa shape index (κ2) is 7.59. The molecule has 0 saturated heterocycles. The van der Waals surface area contributed by atoms with Crippen molar-refractivity contribution in [3.05, 3.63) is 57.7 Å². The molecule has 2 aromatic heterocycles. The van der Waals surface area contributed by atoms with Crippen LogP contribution in [0.2, 0.25) is 0 Å². The number of nitrogens with one attached hydrogen (secondary N) is 1. The minimum Gasteiger partial charge on any atom is -0.496 e.